The molecule has 0 aliphatic heterocycles. The molecule has 4 heteroatoms. The van der Waals surface area contributed by atoms with Gasteiger partial charge in [-0.3, -0.25) is 9.59 Å². The van der Waals surface area contributed by atoms with Gasteiger partial charge >= 0.3 is 0 Å². The largest absolute Gasteiger partial charge is 0.345 e. The zero-order valence-corrected chi connectivity index (χ0v) is 13.7. The highest BCUT2D eigenvalue weighted by Crippen LogP contribution is 2.18. The predicted octanol–water partition coefficient (Wildman–Crippen LogP) is 3.83. The molecule has 2 aromatic carbocycles. The van der Waals surface area contributed by atoms with E-state index in [1.165, 1.54) is 12.5 Å². The van der Waals surface area contributed by atoms with E-state index < -0.39 is 0 Å². The topological polar surface area (TPSA) is 58.2 Å². The second kappa shape index (κ2) is 7.58. The summed E-state index contributed by atoms with van der Waals surface area (Å²) < 4.78 is 0. The maximum atomic E-state index is 12.4. The summed E-state index contributed by atoms with van der Waals surface area (Å²) in [4.78, 5) is 23.4. The van der Waals surface area contributed by atoms with Gasteiger partial charge in [-0.1, -0.05) is 36.8 Å². The number of amides is 2. The van der Waals surface area contributed by atoms with Gasteiger partial charge in [-0.15, -0.1) is 0 Å². The Kier molecular flexibility index (Phi) is 5.52. The third-order valence-electron chi connectivity index (χ3n) is 3.66. The van der Waals surface area contributed by atoms with Crippen LogP contribution in [-0.4, -0.2) is 11.8 Å². The highest BCUT2D eigenvalue weighted by Gasteiger charge is 2.14. The first-order chi connectivity index (χ1) is 11.0. The number of benzene rings is 2. The van der Waals surface area contributed by atoms with Crippen LogP contribution in [0.1, 0.15) is 47.8 Å². The average Bonchev–Trinajstić information content (AvgIpc) is 2.53. The van der Waals surface area contributed by atoms with Crippen molar-refractivity contribution in [2.45, 2.75) is 33.2 Å². The molecule has 0 fully saturated rings. The second-order valence-electron chi connectivity index (χ2n) is 5.60. The lowest BCUT2D eigenvalue weighted by molar-refractivity contribution is -0.114. The van der Waals surface area contributed by atoms with E-state index in [0.29, 0.717) is 11.3 Å². The lowest BCUT2D eigenvalue weighted by Gasteiger charge is -2.18. The van der Waals surface area contributed by atoms with Crippen LogP contribution in [0.15, 0.2) is 48.5 Å². The minimum absolute atomic E-state index is 0.0156. The van der Waals surface area contributed by atoms with Gasteiger partial charge in [-0.2, -0.15) is 0 Å². The minimum Gasteiger partial charge on any atom is -0.345 e. The van der Waals surface area contributed by atoms with Gasteiger partial charge in [0.1, 0.15) is 0 Å². The van der Waals surface area contributed by atoms with Gasteiger partial charge in [0, 0.05) is 18.2 Å². The highest BCUT2D eigenvalue weighted by atomic mass is 16.2. The number of anilines is 1. The summed E-state index contributed by atoms with van der Waals surface area (Å²) in [6.07, 6.45) is 0.818. The van der Waals surface area contributed by atoms with Gasteiger partial charge in [-0.25, -0.2) is 0 Å². The monoisotopic (exact) mass is 310 g/mol. The van der Waals surface area contributed by atoms with Crippen molar-refractivity contribution >= 4 is 17.5 Å². The molecule has 4 nitrogen and oxygen atoms in total. The molecule has 0 aromatic heterocycles. The standard InChI is InChI=1S/C19H22N2O2/c1-4-18(15-7-5-13(2)6-8-15)21-19(23)16-9-11-17(12-10-16)20-14(3)22/h5-12,18H,4H2,1-3H3,(H,20,22)(H,21,23). The third-order valence-corrected chi connectivity index (χ3v) is 3.66. The summed E-state index contributed by atoms with van der Waals surface area (Å²) in [5.41, 5.74) is 3.55. The number of carbonyl (C=O) groups excluding carboxylic acids is 2. The van der Waals surface area contributed by atoms with E-state index in [9.17, 15) is 9.59 Å². The Morgan fingerprint density at radius 1 is 1.00 bits per heavy atom. The minimum atomic E-state index is -0.132. The van der Waals surface area contributed by atoms with Crippen LogP contribution in [0.4, 0.5) is 5.69 Å². The smallest absolute Gasteiger partial charge is 0.251 e. The fourth-order valence-corrected chi connectivity index (χ4v) is 2.37. The molecular weight excluding hydrogens is 288 g/mol. The Hall–Kier alpha value is -2.62. The molecule has 120 valence electrons. The van der Waals surface area contributed by atoms with E-state index in [1.54, 1.807) is 24.3 Å². The number of hydrogen-bond donors (Lipinski definition) is 2. The van der Waals surface area contributed by atoms with Crippen molar-refractivity contribution in [2.24, 2.45) is 0 Å². The fourth-order valence-electron chi connectivity index (χ4n) is 2.37. The van der Waals surface area contributed by atoms with Crippen molar-refractivity contribution in [3.05, 3.63) is 65.2 Å². The van der Waals surface area contributed by atoms with Crippen molar-refractivity contribution in [2.75, 3.05) is 5.32 Å². The quantitative estimate of drug-likeness (QED) is 0.881. The summed E-state index contributed by atoms with van der Waals surface area (Å²) >= 11 is 0. The molecule has 0 aliphatic rings. The Balaban J connectivity index is 2.07. The summed E-state index contributed by atoms with van der Waals surface area (Å²) in [5, 5.41) is 5.74. The van der Waals surface area contributed by atoms with Gasteiger partial charge in [-0.05, 0) is 43.2 Å². The van der Waals surface area contributed by atoms with Crippen LogP contribution in [0.2, 0.25) is 0 Å². The maximum Gasteiger partial charge on any atom is 0.251 e. The molecule has 0 heterocycles. The molecule has 0 saturated heterocycles. The molecule has 23 heavy (non-hydrogen) atoms. The van der Waals surface area contributed by atoms with Crippen LogP contribution < -0.4 is 10.6 Å². The van der Waals surface area contributed by atoms with Crippen LogP contribution in [0.3, 0.4) is 0 Å². The summed E-state index contributed by atoms with van der Waals surface area (Å²) in [7, 11) is 0. The first kappa shape index (κ1) is 16.7. The number of carbonyl (C=O) groups is 2. The van der Waals surface area contributed by atoms with Crippen LogP contribution >= 0.6 is 0 Å². The van der Waals surface area contributed by atoms with Crippen LogP contribution in [0, 0.1) is 6.92 Å². The van der Waals surface area contributed by atoms with E-state index in [4.69, 9.17) is 0 Å². The Morgan fingerprint density at radius 2 is 1.61 bits per heavy atom. The molecule has 0 aliphatic carbocycles. The third kappa shape index (κ3) is 4.68. The number of aryl methyl sites for hydroxylation is 1. The summed E-state index contributed by atoms with van der Waals surface area (Å²) in [6.45, 7) is 5.54. The normalized spacial score (nSPS) is 11.6. The first-order valence-electron chi connectivity index (χ1n) is 7.74. The van der Waals surface area contributed by atoms with Crippen molar-refractivity contribution < 1.29 is 9.59 Å². The van der Waals surface area contributed by atoms with Crippen LogP contribution in [-0.2, 0) is 4.79 Å². The SMILES string of the molecule is CCC(NC(=O)c1ccc(NC(C)=O)cc1)c1ccc(C)cc1. The van der Waals surface area contributed by atoms with E-state index in [2.05, 4.69) is 10.6 Å². The molecule has 2 aromatic rings. The number of rotatable bonds is 5. The molecule has 1 atom stereocenters. The zero-order valence-electron chi connectivity index (χ0n) is 13.7. The predicted molar refractivity (Wildman–Crippen MR) is 92.4 cm³/mol. The molecule has 1 unspecified atom stereocenters. The van der Waals surface area contributed by atoms with Gasteiger partial charge in [0.05, 0.1) is 6.04 Å². The van der Waals surface area contributed by atoms with Crippen molar-refractivity contribution in [3.8, 4) is 0 Å². The van der Waals surface area contributed by atoms with E-state index in [0.717, 1.165) is 12.0 Å². The lowest BCUT2D eigenvalue weighted by Crippen LogP contribution is -2.28. The Bertz CT molecular complexity index is 676. The molecule has 2 rings (SSSR count). The van der Waals surface area contributed by atoms with E-state index in [-0.39, 0.29) is 17.9 Å². The highest BCUT2D eigenvalue weighted by molar-refractivity contribution is 5.95. The van der Waals surface area contributed by atoms with Gasteiger partial charge in [0.25, 0.3) is 5.91 Å². The number of nitrogens with one attached hydrogen (secondary N) is 2. The first-order valence-corrected chi connectivity index (χ1v) is 7.74. The molecular formula is C19H22N2O2. The molecule has 0 radical (unpaired) electrons. The van der Waals surface area contributed by atoms with Crippen LogP contribution in [0.25, 0.3) is 0 Å². The van der Waals surface area contributed by atoms with E-state index >= 15 is 0 Å². The van der Waals surface area contributed by atoms with Crippen molar-refractivity contribution in [1.82, 2.24) is 5.32 Å². The Morgan fingerprint density at radius 3 is 2.13 bits per heavy atom. The molecule has 2 N–H and O–H groups in total. The molecule has 0 bridgehead atoms. The summed E-state index contributed by atoms with van der Waals surface area (Å²) in [5.74, 6) is -0.251. The van der Waals surface area contributed by atoms with Gasteiger partial charge < -0.3 is 10.6 Å². The molecule has 2 amide bonds. The zero-order chi connectivity index (χ0) is 16.8. The molecule has 0 spiro atoms. The maximum absolute atomic E-state index is 12.4. The van der Waals surface area contributed by atoms with Gasteiger partial charge in [0.15, 0.2) is 0 Å². The molecule has 0 saturated carbocycles. The average molecular weight is 310 g/mol. The Labute approximate surface area is 136 Å². The fraction of sp³-hybridized carbons (Fsp3) is 0.263. The van der Waals surface area contributed by atoms with E-state index in [1.807, 2.05) is 38.1 Å². The van der Waals surface area contributed by atoms with Crippen LogP contribution in [0.5, 0.6) is 0 Å². The number of hydrogen-bond acceptors (Lipinski definition) is 2. The van der Waals surface area contributed by atoms with Gasteiger partial charge in [0.2, 0.25) is 5.91 Å². The second-order valence-corrected chi connectivity index (χ2v) is 5.60. The van der Waals surface area contributed by atoms with Crippen molar-refractivity contribution in [3.63, 3.8) is 0 Å². The lowest BCUT2D eigenvalue weighted by atomic mass is 10.0. The summed E-state index contributed by atoms with van der Waals surface area (Å²) in [6, 6.07) is 15.0. The van der Waals surface area contributed by atoms with Crippen molar-refractivity contribution in [1.29, 1.82) is 0 Å².